The average molecular weight is 249 g/mol. The number of hydrogen-bond donors (Lipinski definition) is 1. The van der Waals surface area contributed by atoms with Crippen LogP contribution in [0, 0.1) is 0 Å². The van der Waals surface area contributed by atoms with E-state index in [-0.39, 0.29) is 5.54 Å². The van der Waals surface area contributed by atoms with E-state index in [1.54, 1.807) is 7.11 Å². The highest BCUT2D eigenvalue weighted by molar-refractivity contribution is 7.89. The molecule has 0 fully saturated rings. The van der Waals surface area contributed by atoms with Crippen LogP contribution in [0.15, 0.2) is 10.2 Å². The minimum Gasteiger partial charge on any atom is -0.598 e. The summed E-state index contributed by atoms with van der Waals surface area (Å²) in [6, 6.07) is 0. The highest BCUT2D eigenvalue weighted by Gasteiger charge is 2.24. The van der Waals surface area contributed by atoms with Gasteiger partial charge in [-0.3, -0.25) is 0 Å². The van der Waals surface area contributed by atoms with Gasteiger partial charge in [-0.2, -0.15) is 10.2 Å². The number of rotatable bonds is 6. The van der Waals surface area contributed by atoms with E-state index in [0.717, 1.165) is 0 Å². The lowest BCUT2D eigenvalue weighted by molar-refractivity contribution is 0.216. The average Bonchev–Trinajstić information content (AvgIpc) is 2.10. The second-order valence-corrected chi connectivity index (χ2v) is 6.38. The summed E-state index contributed by atoms with van der Waals surface area (Å²) in [6.07, 6.45) is 0. The first-order valence-corrected chi connectivity index (χ1v) is 6.57. The van der Waals surface area contributed by atoms with E-state index in [9.17, 15) is 4.55 Å². The van der Waals surface area contributed by atoms with Gasteiger partial charge in [0.05, 0.1) is 12.1 Å². The minimum absolute atomic E-state index is 0.215. The maximum Gasteiger partial charge on any atom is 0.167 e. The van der Waals surface area contributed by atoms with Gasteiger partial charge in [-0.15, -0.1) is 4.72 Å². The van der Waals surface area contributed by atoms with Gasteiger partial charge in [-0.05, 0) is 34.6 Å². The molecule has 1 N–H and O–H groups in total. The van der Waals surface area contributed by atoms with Crippen LogP contribution >= 0.6 is 0 Å². The lowest BCUT2D eigenvalue weighted by Gasteiger charge is -2.23. The van der Waals surface area contributed by atoms with Crippen LogP contribution in [0.4, 0.5) is 0 Å². The second kappa shape index (κ2) is 6.54. The molecule has 0 aromatic rings. The summed E-state index contributed by atoms with van der Waals surface area (Å²) < 4.78 is 19.3. The maximum atomic E-state index is 11.6. The zero-order valence-corrected chi connectivity index (χ0v) is 11.8. The smallest absolute Gasteiger partial charge is 0.167 e. The summed E-state index contributed by atoms with van der Waals surface area (Å²) in [5, 5.41) is 8.31. The molecule has 0 spiro atoms. The summed E-state index contributed by atoms with van der Waals surface area (Å²) >= 11 is -1.15. The van der Waals surface area contributed by atoms with Crippen LogP contribution in [-0.4, -0.2) is 35.2 Å². The molecule has 0 aliphatic heterocycles. The molecule has 0 saturated heterocycles. The van der Waals surface area contributed by atoms with Crippen molar-refractivity contribution >= 4 is 11.4 Å². The molecule has 0 aliphatic rings. The fraction of sp³-hybridized carbons (Fsp3) is 1.00. The number of methoxy groups -OCH3 is 1. The molecular weight excluding hydrogens is 226 g/mol. The SMILES string of the molecule is COCC[S+]([O-])NC(C)(C)N=NC(C)(C)C. The van der Waals surface area contributed by atoms with Gasteiger partial charge >= 0.3 is 0 Å². The van der Waals surface area contributed by atoms with E-state index in [1.165, 1.54) is 0 Å². The van der Waals surface area contributed by atoms with E-state index >= 15 is 0 Å². The van der Waals surface area contributed by atoms with Crippen molar-refractivity contribution in [2.75, 3.05) is 19.5 Å². The molecule has 0 aromatic heterocycles. The van der Waals surface area contributed by atoms with Crippen molar-refractivity contribution in [3.05, 3.63) is 0 Å². The Morgan fingerprint density at radius 3 is 2.19 bits per heavy atom. The summed E-state index contributed by atoms with van der Waals surface area (Å²) in [4.78, 5) is 0. The van der Waals surface area contributed by atoms with E-state index < -0.39 is 17.0 Å². The highest BCUT2D eigenvalue weighted by Crippen LogP contribution is 2.13. The number of ether oxygens (including phenoxy) is 1. The number of nitrogens with one attached hydrogen (secondary N) is 1. The Hall–Kier alpha value is -0.170. The zero-order valence-electron chi connectivity index (χ0n) is 11.0. The Kier molecular flexibility index (Phi) is 6.47. The number of hydrogen-bond acceptors (Lipinski definition) is 5. The van der Waals surface area contributed by atoms with Gasteiger partial charge in [0, 0.05) is 18.5 Å². The largest absolute Gasteiger partial charge is 0.598 e. The van der Waals surface area contributed by atoms with Gasteiger partial charge in [0.2, 0.25) is 0 Å². The third kappa shape index (κ3) is 9.08. The Morgan fingerprint density at radius 2 is 1.75 bits per heavy atom. The predicted molar refractivity (Wildman–Crippen MR) is 66.7 cm³/mol. The van der Waals surface area contributed by atoms with Crippen molar-refractivity contribution in [2.24, 2.45) is 10.2 Å². The molecule has 1 unspecified atom stereocenters. The Balaban J connectivity index is 4.18. The number of nitrogens with zero attached hydrogens (tertiary/aromatic N) is 2. The molecule has 1 atom stereocenters. The molecule has 0 aliphatic carbocycles. The van der Waals surface area contributed by atoms with Gasteiger partial charge in [-0.1, -0.05) is 0 Å². The van der Waals surface area contributed by atoms with Crippen molar-refractivity contribution in [3.8, 4) is 0 Å². The van der Waals surface area contributed by atoms with Crippen molar-refractivity contribution in [1.82, 2.24) is 4.72 Å². The standard InChI is InChI=1S/C10H23N3O2S/c1-9(2,3)11-12-10(4,5)13-16(14)8-7-15-6/h13H,7-8H2,1-6H3. The summed E-state index contributed by atoms with van der Waals surface area (Å²) in [7, 11) is 1.58. The minimum atomic E-state index is -1.15. The van der Waals surface area contributed by atoms with Crippen molar-refractivity contribution in [2.45, 2.75) is 45.8 Å². The van der Waals surface area contributed by atoms with Crippen molar-refractivity contribution < 1.29 is 9.29 Å². The fourth-order valence-corrected chi connectivity index (χ4v) is 1.80. The normalized spacial score (nSPS) is 15.7. The molecule has 0 heterocycles. The van der Waals surface area contributed by atoms with Crippen LogP contribution < -0.4 is 4.72 Å². The molecule has 0 bridgehead atoms. The second-order valence-electron chi connectivity index (χ2n) is 5.07. The Bertz CT molecular complexity index is 227. The molecule has 96 valence electrons. The van der Waals surface area contributed by atoms with Crippen molar-refractivity contribution in [1.29, 1.82) is 0 Å². The van der Waals surface area contributed by atoms with Gasteiger partial charge < -0.3 is 9.29 Å². The van der Waals surface area contributed by atoms with Crippen LogP contribution in [0.2, 0.25) is 0 Å². The molecule has 0 saturated carbocycles. The van der Waals surface area contributed by atoms with E-state index in [1.807, 2.05) is 34.6 Å². The third-order valence-corrected chi connectivity index (χ3v) is 2.70. The summed E-state index contributed by atoms with van der Waals surface area (Å²) in [5.41, 5.74) is -0.834. The molecule has 0 amide bonds. The molecule has 0 radical (unpaired) electrons. The monoisotopic (exact) mass is 249 g/mol. The van der Waals surface area contributed by atoms with Crippen molar-refractivity contribution in [3.63, 3.8) is 0 Å². The quantitative estimate of drug-likeness (QED) is 0.577. The van der Waals surface area contributed by atoms with Gasteiger partial charge in [-0.25, -0.2) is 0 Å². The highest BCUT2D eigenvalue weighted by atomic mass is 32.2. The van der Waals surface area contributed by atoms with E-state index in [4.69, 9.17) is 4.74 Å². The lowest BCUT2D eigenvalue weighted by Crippen LogP contribution is -2.43. The molecule has 16 heavy (non-hydrogen) atoms. The Labute approximate surface area is 101 Å². The van der Waals surface area contributed by atoms with Gasteiger partial charge in [0.25, 0.3) is 0 Å². The van der Waals surface area contributed by atoms with Crippen LogP contribution in [0.1, 0.15) is 34.6 Å². The lowest BCUT2D eigenvalue weighted by atomic mass is 10.1. The van der Waals surface area contributed by atoms with Crippen LogP contribution in [-0.2, 0) is 16.1 Å². The first-order chi connectivity index (χ1) is 7.16. The van der Waals surface area contributed by atoms with Gasteiger partial charge in [0.15, 0.2) is 5.66 Å². The molecule has 6 heteroatoms. The summed E-state index contributed by atoms with van der Waals surface area (Å²) in [5.74, 6) is 0.449. The van der Waals surface area contributed by atoms with E-state index in [0.29, 0.717) is 12.4 Å². The fourth-order valence-electron chi connectivity index (χ4n) is 0.784. The van der Waals surface area contributed by atoms with Crippen LogP contribution in [0.25, 0.3) is 0 Å². The Morgan fingerprint density at radius 1 is 1.19 bits per heavy atom. The molecule has 0 aromatic carbocycles. The molecule has 0 rings (SSSR count). The molecular formula is C10H23N3O2S. The first kappa shape index (κ1) is 15.8. The predicted octanol–water partition coefficient (Wildman–Crippen LogP) is 1.87. The maximum absolute atomic E-state index is 11.6. The van der Waals surface area contributed by atoms with Gasteiger partial charge in [0.1, 0.15) is 5.75 Å². The topological polar surface area (TPSA) is 69.0 Å². The zero-order chi connectivity index (χ0) is 12.8. The molecule has 5 nitrogen and oxygen atoms in total. The van der Waals surface area contributed by atoms with Crippen LogP contribution in [0.5, 0.6) is 0 Å². The van der Waals surface area contributed by atoms with E-state index in [2.05, 4.69) is 15.0 Å². The third-order valence-electron chi connectivity index (χ3n) is 1.44. The summed E-state index contributed by atoms with van der Waals surface area (Å²) in [6.45, 7) is 10.0. The van der Waals surface area contributed by atoms with Crippen LogP contribution in [0.3, 0.4) is 0 Å². The first-order valence-electron chi connectivity index (χ1n) is 5.25. The number of azo groups is 1.